The van der Waals surface area contributed by atoms with Crippen LogP contribution in [0, 0.1) is 0 Å². The van der Waals surface area contributed by atoms with E-state index in [1.54, 1.807) is 10.4 Å². The standard InChI is InChI=1S/C14H20N2O2S/c1-11-4-2-3-7-16(11)19(17,18)14-6-5-12-9-15-10-13(12)8-14/h5-6,8,11,15H,2-4,7,9-10H2,1H3. The van der Waals surface area contributed by atoms with E-state index in [-0.39, 0.29) is 6.04 Å². The third-order valence-electron chi connectivity index (χ3n) is 4.16. The molecule has 1 aromatic rings. The molecule has 1 saturated heterocycles. The molecular formula is C14H20N2O2S. The van der Waals surface area contributed by atoms with E-state index in [1.165, 1.54) is 5.56 Å². The fraction of sp³-hybridized carbons (Fsp3) is 0.571. The number of benzene rings is 1. The molecule has 0 spiro atoms. The van der Waals surface area contributed by atoms with Crippen molar-refractivity contribution in [3.63, 3.8) is 0 Å². The zero-order valence-electron chi connectivity index (χ0n) is 11.2. The molecule has 5 heteroatoms. The normalized spacial score (nSPS) is 24.4. The number of nitrogens with zero attached hydrogens (tertiary/aromatic N) is 1. The van der Waals surface area contributed by atoms with Gasteiger partial charge < -0.3 is 5.32 Å². The molecular weight excluding hydrogens is 260 g/mol. The van der Waals surface area contributed by atoms with E-state index < -0.39 is 10.0 Å². The first-order valence-corrected chi connectivity index (χ1v) is 8.37. The van der Waals surface area contributed by atoms with Gasteiger partial charge in [-0.15, -0.1) is 0 Å². The molecule has 4 nitrogen and oxygen atoms in total. The van der Waals surface area contributed by atoms with E-state index >= 15 is 0 Å². The smallest absolute Gasteiger partial charge is 0.243 e. The van der Waals surface area contributed by atoms with Crippen molar-refractivity contribution in [1.29, 1.82) is 0 Å². The first-order valence-electron chi connectivity index (χ1n) is 6.93. The summed E-state index contributed by atoms with van der Waals surface area (Å²) in [5, 5.41) is 3.25. The van der Waals surface area contributed by atoms with Crippen molar-refractivity contribution in [2.75, 3.05) is 6.54 Å². The van der Waals surface area contributed by atoms with Crippen LogP contribution >= 0.6 is 0 Å². The highest BCUT2D eigenvalue weighted by atomic mass is 32.2. The second-order valence-corrected chi connectivity index (χ2v) is 7.39. The summed E-state index contributed by atoms with van der Waals surface area (Å²) in [6, 6.07) is 5.65. The van der Waals surface area contributed by atoms with Crippen molar-refractivity contribution in [2.24, 2.45) is 0 Å². The second kappa shape index (κ2) is 4.89. The molecule has 1 fully saturated rings. The number of rotatable bonds is 2. The Morgan fingerprint density at radius 1 is 1.21 bits per heavy atom. The van der Waals surface area contributed by atoms with Gasteiger partial charge in [-0.25, -0.2) is 8.42 Å². The van der Waals surface area contributed by atoms with Crippen LogP contribution in [0.5, 0.6) is 0 Å². The summed E-state index contributed by atoms with van der Waals surface area (Å²) in [5.74, 6) is 0. The maximum absolute atomic E-state index is 12.7. The lowest BCUT2D eigenvalue weighted by Gasteiger charge is -2.32. The molecule has 0 saturated carbocycles. The molecule has 0 bridgehead atoms. The van der Waals surface area contributed by atoms with Gasteiger partial charge in [-0.05, 0) is 43.0 Å². The van der Waals surface area contributed by atoms with E-state index in [4.69, 9.17) is 0 Å². The molecule has 0 radical (unpaired) electrons. The van der Waals surface area contributed by atoms with Crippen LogP contribution in [0.25, 0.3) is 0 Å². The lowest BCUT2D eigenvalue weighted by atomic mass is 10.1. The molecule has 1 N–H and O–H groups in total. The molecule has 1 aromatic carbocycles. The average molecular weight is 280 g/mol. The highest BCUT2D eigenvalue weighted by Crippen LogP contribution is 2.27. The summed E-state index contributed by atoms with van der Waals surface area (Å²) in [6.45, 7) is 4.27. The summed E-state index contributed by atoms with van der Waals surface area (Å²) in [6.07, 6.45) is 3.06. The number of nitrogens with one attached hydrogen (secondary N) is 1. The fourth-order valence-electron chi connectivity index (χ4n) is 3.00. The summed E-state index contributed by atoms with van der Waals surface area (Å²) < 4.78 is 27.1. The van der Waals surface area contributed by atoms with Gasteiger partial charge in [0, 0.05) is 25.7 Å². The maximum atomic E-state index is 12.7. The van der Waals surface area contributed by atoms with Crippen molar-refractivity contribution in [3.8, 4) is 0 Å². The Morgan fingerprint density at radius 3 is 2.79 bits per heavy atom. The Kier molecular flexibility index (Phi) is 3.37. The number of hydrogen-bond acceptors (Lipinski definition) is 3. The Labute approximate surface area is 114 Å². The van der Waals surface area contributed by atoms with Crippen LogP contribution in [0.2, 0.25) is 0 Å². The monoisotopic (exact) mass is 280 g/mol. The molecule has 3 rings (SSSR count). The van der Waals surface area contributed by atoms with E-state index in [0.717, 1.165) is 37.9 Å². The van der Waals surface area contributed by atoms with Crippen molar-refractivity contribution in [1.82, 2.24) is 9.62 Å². The molecule has 1 unspecified atom stereocenters. The van der Waals surface area contributed by atoms with E-state index in [1.807, 2.05) is 19.1 Å². The van der Waals surface area contributed by atoms with E-state index in [9.17, 15) is 8.42 Å². The Hall–Kier alpha value is -0.910. The van der Waals surface area contributed by atoms with Gasteiger partial charge in [0.15, 0.2) is 0 Å². The maximum Gasteiger partial charge on any atom is 0.243 e. The van der Waals surface area contributed by atoms with Crippen LogP contribution in [-0.2, 0) is 23.1 Å². The van der Waals surface area contributed by atoms with Crippen molar-refractivity contribution >= 4 is 10.0 Å². The van der Waals surface area contributed by atoms with Gasteiger partial charge in [-0.2, -0.15) is 4.31 Å². The number of sulfonamides is 1. The third kappa shape index (κ3) is 2.30. The summed E-state index contributed by atoms with van der Waals surface area (Å²) in [5.41, 5.74) is 2.33. The van der Waals surface area contributed by atoms with Gasteiger partial charge in [0.1, 0.15) is 0 Å². The molecule has 2 aliphatic rings. The Bertz CT molecular complexity index is 583. The van der Waals surface area contributed by atoms with Gasteiger partial charge in [0.25, 0.3) is 0 Å². The van der Waals surface area contributed by atoms with Crippen LogP contribution in [0.15, 0.2) is 23.1 Å². The van der Waals surface area contributed by atoms with Gasteiger partial charge in [-0.3, -0.25) is 0 Å². The first-order chi connectivity index (χ1) is 9.09. The Morgan fingerprint density at radius 2 is 2.00 bits per heavy atom. The zero-order valence-corrected chi connectivity index (χ0v) is 12.0. The molecule has 19 heavy (non-hydrogen) atoms. The first kappa shape index (κ1) is 13.1. The zero-order chi connectivity index (χ0) is 13.5. The Balaban J connectivity index is 1.95. The molecule has 0 aromatic heterocycles. The largest absolute Gasteiger partial charge is 0.309 e. The average Bonchev–Trinajstić information content (AvgIpc) is 2.86. The molecule has 0 aliphatic carbocycles. The molecule has 2 aliphatic heterocycles. The van der Waals surface area contributed by atoms with Crippen molar-refractivity contribution in [3.05, 3.63) is 29.3 Å². The minimum atomic E-state index is -3.33. The molecule has 104 valence electrons. The van der Waals surface area contributed by atoms with Crippen LogP contribution in [-0.4, -0.2) is 25.3 Å². The highest BCUT2D eigenvalue weighted by Gasteiger charge is 2.31. The second-order valence-electron chi connectivity index (χ2n) is 5.49. The lowest BCUT2D eigenvalue weighted by Crippen LogP contribution is -2.41. The predicted octanol–water partition coefficient (Wildman–Crippen LogP) is 1.85. The third-order valence-corrected chi connectivity index (χ3v) is 6.17. The van der Waals surface area contributed by atoms with Gasteiger partial charge in [0.05, 0.1) is 4.90 Å². The molecule has 2 heterocycles. The lowest BCUT2D eigenvalue weighted by molar-refractivity contribution is 0.268. The van der Waals surface area contributed by atoms with E-state index in [2.05, 4.69) is 5.32 Å². The predicted molar refractivity (Wildman–Crippen MR) is 74.2 cm³/mol. The number of fused-ring (bicyclic) bond motifs is 1. The molecule has 0 amide bonds. The number of piperidine rings is 1. The van der Waals surface area contributed by atoms with Crippen LogP contribution < -0.4 is 5.32 Å². The van der Waals surface area contributed by atoms with Gasteiger partial charge >= 0.3 is 0 Å². The number of hydrogen-bond donors (Lipinski definition) is 1. The quantitative estimate of drug-likeness (QED) is 0.899. The fourth-order valence-corrected chi connectivity index (χ4v) is 4.75. The van der Waals surface area contributed by atoms with Crippen molar-refractivity contribution in [2.45, 2.75) is 50.2 Å². The van der Waals surface area contributed by atoms with Crippen molar-refractivity contribution < 1.29 is 8.42 Å². The van der Waals surface area contributed by atoms with Gasteiger partial charge in [0.2, 0.25) is 10.0 Å². The highest BCUT2D eigenvalue weighted by molar-refractivity contribution is 7.89. The summed E-state index contributed by atoms with van der Waals surface area (Å²) in [7, 11) is -3.33. The van der Waals surface area contributed by atoms with Crippen LogP contribution in [0.3, 0.4) is 0 Å². The topological polar surface area (TPSA) is 49.4 Å². The molecule has 1 atom stereocenters. The summed E-state index contributed by atoms with van der Waals surface area (Å²) in [4.78, 5) is 0.448. The minimum Gasteiger partial charge on any atom is -0.309 e. The SMILES string of the molecule is CC1CCCCN1S(=O)(=O)c1ccc2c(c1)CNC2. The van der Waals surface area contributed by atoms with E-state index in [0.29, 0.717) is 11.4 Å². The van der Waals surface area contributed by atoms with Crippen LogP contribution in [0.4, 0.5) is 0 Å². The summed E-state index contributed by atoms with van der Waals surface area (Å²) >= 11 is 0. The minimum absolute atomic E-state index is 0.116. The van der Waals surface area contributed by atoms with Crippen LogP contribution in [0.1, 0.15) is 37.3 Å². The van der Waals surface area contributed by atoms with Gasteiger partial charge in [-0.1, -0.05) is 12.5 Å².